The molecule has 0 bridgehead atoms. The van der Waals surface area contributed by atoms with E-state index < -0.39 is 0 Å². The monoisotopic (exact) mass is 218 g/mol. The highest BCUT2D eigenvalue weighted by Crippen LogP contribution is 2.29. The largest absolute Gasteiger partial charge is 0.399 e. The van der Waals surface area contributed by atoms with Crippen LogP contribution in [0.4, 0.5) is 11.4 Å². The fourth-order valence-electron chi connectivity index (χ4n) is 2.60. The lowest BCUT2D eigenvalue weighted by atomic mass is 9.99. The van der Waals surface area contributed by atoms with Crippen LogP contribution in [0.5, 0.6) is 0 Å². The predicted octanol–water partition coefficient (Wildman–Crippen LogP) is 3.57. The van der Waals surface area contributed by atoms with Gasteiger partial charge in [-0.3, -0.25) is 0 Å². The third-order valence-electron chi connectivity index (χ3n) is 3.77. The van der Waals surface area contributed by atoms with Gasteiger partial charge in [-0.1, -0.05) is 12.8 Å². The Hall–Kier alpha value is -1.18. The molecule has 2 rings (SSSR count). The zero-order valence-electron chi connectivity index (χ0n) is 10.3. The molecule has 1 aliphatic rings. The number of nitrogens with two attached hydrogens (primary N) is 1. The molecule has 1 saturated carbocycles. The van der Waals surface area contributed by atoms with E-state index in [0.29, 0.717) is 6.04 Å². The van der Waals surface area contributed by atoms with Crippen molar-refractivity contribution in [3.63, 3.8) is 0 Å². The molecule has 16 heavy (non-hydrogen) atoms. The van der Waals surface area contributed by atoms with Crippen LogP contribution in [0.1, 0.15) is 38.2 Å². The van der Waals surface area contributed by atoms with Crippen LogP contribution in [0, 0.1) is 12.8 Å². The number of benzene rings is 1. The second kappa shape index (κ2) is 4.77. The van der Waals surface area contributed by atoms with E-state index in [1.165, 1.54) is 31.4 Å². The zero-order valence-corrected chi connectivity index (χ0v) is 10.3. The summed E-state index contributed by atoms with van der Waals surface area (Å²) in [5.41, 5.74) is 9.04. The summed E-state index contributed by atoms with van der Waals surface area (Å²) in [6.07, 6.45) is 5.55. The summed E-state index contributed by atoms with van der Waals surface area (Å²) >= 11 is 0. The number of rotatable bonds is 3. The molecule has 0 spiro atoms. The molecule has 0 radical (unpaired) electrons. The fraction of sp³-hybridized carbons (Fsp3) is 0.571. The van der Waals surface area contributed by atoms with Gasteiger partial charge >= 0.3 is 0 Å². The van der Waals surface area contributed by atoms with Crippen LogP contribution in [-0.4, -0.2) is 6.04 Å². The quantitative estimate of drug-likeness (QED) is 0.761. The molecular weight excluding hydrogens is 196 g/mol. The molecule has 1 aliphatic carbocycles. The first kappa shape index (κ1) is 11.3. The van der Waals surface area contributed by atoms with Gasteiger partial charge in [0.2, 0.25) is 0 Å². The molecule has 0 saturated heterocycles. The Balaban J connectivity index is 1.99. The lowest BCUT2D eigenvalue weighted by Crippen LogP contribution is -2.23. The van der Waals surface area contributed by atoms with Crippen molar-refractivity contribution < 1.29 is 0 Å². The minimum Gasteiger partial charge on any atom is -0.399 e. The average Bonchev–Trinajstić information content (AvgIpc) is 2.77. The maximum absolute atomic E-state index is 5.81. The molecule has 0 aromatic heterocycles. The maximum Gasteiger partial charge on any atom is 0.0346 e. The Bertz CT molecular complexity index is 354. The Morgan fingerprint density at radius 1 is 1.31 bits per heavy atom. The topological polar surface area (TPSA) is 38.0 Å². The van der Waals surface area contributed by atoms with Crippen molar-refractivity contribution in [2.75, 3.05) is 11.1 Å². The minimum atomic E-state index is 0.575. The van der Waals surface area contributed by atoms with Crippen molar-refractivity contribution in [1.29, 1.82) is 0 Å². The molecule has 0 aliphatic heterocycles. The van der Waals surface area contributed by atoms with E-state index in [0.717, 1.165) is 17.2 Å². The van der Waals surface area contributed by atoms with Crippen LogP contribution < -0.4 is 11.1 Å². The smallest absolute Gasteiger partial charge is 0.0346 e. The van der Waals surface area contributed by atoms with Gasteiger partial charge in [0.25, 0.3) is 0 Å². The van der Waals surface area contributed by atoms with Crippen LogP contribution in [0.25, 0.3) is 0 Å². The summed E-state index contributed by atoms with van der Waals surface area (Å²) in [6, 6.07) is 6.78. The van der Waals surface area contributed by atoms with Crippen molar-refractivity contribution in [2.45, 2.75) is 45.6 Å². The second-order valence-electron chi connectivity index (χ2n) is 5.05. The Labute approximate surface area is 98.2 Å². The van der Waals surface area contributed by atoms with Crippen molar-refractivity contribution in [2.24, 2.45) is 5.92 Å². The van der Waals surface area contributed by atoms with Crippen molar-refractivity contribution >= 4 is 11.4 Å². The normalized spacial score (nSPS) is 18.6. The first-order valence-electron chi connectivity index (χ1n) is 6.29. The van der Waals surface area contributed by atoms with Crippen LogP contribution >= 0.6 is 0 Å². The zero-order chi connectivity index (χ0) is 11.5. The van der Waals surface area contributed by atoms with E-state index in [1.807, 2.05) is 6.07 Å². The van der Waals surface area contributed by atoms with Crippen LogP contribution in [0.2, 0.25) is 0 Å². The van der Waals surface area contributed by atoms with Gasteiger partial charge < -0.3 is 11.1 Å². The molecule has 1 aromatic rings. The van der Waals surface area contributed by atoms with Gasteiger partial charge in [0, 0.05) is 17.4 Å². The molecule has 2 heteroatoms. The summed E-state index contributed by atoms with van der Waals surface area (Å²) in [6.45, 7) is 4.35. The lowest BCUT2D eigenvalue weighted by molar-refractivity contribution is 0.482. The first-order valence-corrected chi connectivity index (χ1v) is 6.29. The Morgan fingerprint density at radius 3 is 2.62 bits per heavy atom. The molecule has 3 N–H and O–H groups in total. The van der Waals surface area contributed by atoms with E-state index in [-0.39, 0.29) is 0 Å². The lowest BCUT2D eigenvalue weighted by Gasteiger charge is -2.22. The highest BCUT2D eigenvalue weighted by atomic mass is 14.9. The molecule has 2 nitrogen and oxygen atoms in total. The summed E-state index contributed by atoms with van der Waals surface area (Å²) < 4.78 is 0. The molecule has 1 atom stereocenters. The van der Waals surface area contributed by atoms with E-state index in [9.17, 15) is 0 Å². The number of hydrogen-bond acceptors (Lipinski definition) is 2. The fourth-order valence-corrected chi connectivity index (χ4v) is 2.60. The van der Waals surface area contributed by atoms with E-state index in [1.54, 1.807) is 0 Å². The first-order chi connectivity index (χ1) is 7.66. The second-order valence-corrected chi connectivity index (χ2v) is 5.05. The standard InChI is InChI=1S/C14H22N2/c1-10-9-13(7-8-14(10)15)16-11(2)12-5-3-4-6-12/h7-9,11-12,16H,3-6,15H2,1-2H3. The van der Waals surface area contributed by atoms with Crippen molar-refractivity contribution in [1.82, 2.24) is 0 Å². The Morgan fingerprint density at radius 2 is 2.00 bits per heavy atom. The summed E-state index contributed by atoms with van der Waals surface area (Å²) in [5, 5.41) is 3.60. The number of aryl methyl sites for hydroxylation is 1. The maximum atomic E-state index is 5.81. The highest BCUT2D eigenvalue weighted by molar-refractivity contribution is 5.57. The molecule has 1 aromatic carbocycles. The van der Waals surface area contributed by atoms with Gasteiger partial charge in [0.15, 0.2) is 0 Å². The SMILES string of the molecule is Cc1cc(NC(C)C2CCCC2)ccc1N. The van der Waals surface area contributed by atoms with Gasteiger partial charge in [-0.25, -0.2) is 0 Å². The highest BCUT2D eigenvalue weighted by Gasteiger charge is 2.21. The molecular formula is C14H22N2. The van der Waals surface area contributed by atoms with Crippen molar-refractivity contribution in [3.05, 3.63) is 23.8 Å². The molecule has 88 valence electrons. The number of nitrogens with one attached hydrogen (secondary N) is 1. The predicted molar refractivity (Wildman–Crippen MR) is 70.6 cm³/mol. The summed E-state index contributed by atoms with van der Waals surface area (Å²) in [5.74, 6) is 0.845. The van der Waals surface area contributed by atoms with Gasteiger partial charge in [0.1, 0.15) is 0 Å². The number of nitrogen functional groups attached to an aromatic ring is 1. The molecule has 1 fully saturated rings. The molecule has 0 amide bonds. The third kappa shape index (κ3) is 2.49. The van der Waals surface area contributed by atoms with Gasteiger partial charge in [0.05, 0.1) is 0 Å². The van der Waals surface area contributed by atoms with E-state index in [2.05, 4.69) is 31.3 Å². The van der Waals surface area contributed by atoms with Crippen LogP contribution in [0.15, 0.2) is 18.2 Å². The number of anilines is 2. The van der Waals surface area contributed by atoms with E-state index >= 15 is 0 Å². The van der Waals surface area contributed by atoms with Crippen LogP contribution in [-0.2, 0) is 0 Å². The average molecular weight is 218 g/mol. The van der Waals surface area contributed by atoms with E-state index in [4.69, 9.17) is 5.73 Å². The summed E-state index contributed by atoms with van der Waals surface area (Å²) in [4.78, 5) is 0. The van der Waals surface area contributed by atoms with Crippen molar-refractivity contribution in [3.8, 4) is 0 Å². The minimum absolute atomic E-state index is 0.575. The summed E-state index contributed by atoms with van der Waals surface area (Å²) in [7, 11) is 0. The van der Waals surface area contributed by atoms with Crippen LogP contribution in [0.3, 0.4) is 0 Å². The van der Waals surface area contributed by atoms with Gasteiger partial charge in [-0.15, -0.1) is 0 Å². The Kier molecular flexibility index (Phi) is 3.37. The third-order valence-corrected chi connectivity index (χ3v) is 3.77. The number of hydrogen-bond donors (Lipinski definition) is 2. The van der Waals surface area contributed by atoms with Gasteiger partial charge in [-0.2, -0.15) is 0 Å². The van der Waals surface area contributed by atoms with Gasteiger partial charge in [-0.05, 0) is 56.4 Å². The molecule has 0 heterocycles. The molecule has 1 unspecified atom stereocenters.